The smallest absolute Gasteiger partial charge is 0.241 e. The van der Waals surface area contributed by atoms with Crippen molar-refractivity contribution in [2.24, 2.45) is 17.3 Å². The average molecular weight is 196 g/mol. The molecule has 2 rings (SSSR count). The lowest BCUT2D eigenvalue weighted by atomic mass is 10.1. The summed E-state index contributed by atoms with van der Waals surface area (Å²) in [5.74, 6) is 1.41. The molecule has 2 fully saturated rings. The van der Waals surface area contributed by atoms with Crippen LogP contribution in [0.1, 0.15) is 13.8 Å². The maximum absolute atomic E-state index is 11.5. The van der Waals surface area contributed by atoms with Gasteiger partial charge in [0.05, 0.1) is 6.54 Å². The van der Waals surface area contributed by atoms with Gasteiger partial charge in [-0.2, -0.15) is 0 Å². The summed E-state index contributed by atoms with van der Waals surface area (Å²) >= 11 is 0. The van der Waals surface area contributed by atoms with Gasteiger partial charge in [0.25, 0.3) is 0 Å². The first-order valence-electron chi connectivity index (χ1n) is 5.02. The van der Waals surface area contributed by atoms with E-state index < -0.39 is 0 Å². The van der Waals surface area contributed by atoms with Gasteiger partial charge in [-0.1, -0.05) is 13.8 Å². The number of hydrogen-bond acceptors (Lipinski definition) is 2. The standard InChI is InChI=1S/C10H16N2O2/c1-10(2)7-4-12(5-8(7)10)9(14)3-11-6-13/h6-8H,3-5H2,1-2H3,(H,11,13). The van der Waals surface area contributed by atoms with Crippen LogP contribution in [0.3, 0.4) is 0 Å². The highest BCUT2D eigenvalue weighted by Gasteiger charge is 2.62. The van der Waals surface area contributed by atoms with Gasteiger partial charge < -0.3 is 10.2 Å². The van der Waals surface area contributed by atoms with Crippen molar-refractivity contribution in [3.63, 3.8) is 0 Å². The number of carbonyl (C=O) groups is 2. The van der Waals surface area contributed by atoms with Crippen molar-refractivity contribution < 1.29 is 9.59 Å². The molecular formula is C10H16N2O2. The predicted octanol–water partition coefficient (Wildman–Crippen LogP) is -0.153. The molecule has 1 N–H and O–H groups in total. The van der Waals surface area contributed by atoms with Gasteiger partial charge in [-0.15, -0.1) is 0 Å². The number of rotatable bonds is 3. The number of carbonyl (C=O) groups excluding carboxylic acids is 2. The summed E-state index contributed by atoms with van der Waals surface area (Å²) in [7, 11) is 0. The van der Waals surface area contributed by atoms with Crippen molar-refractivity contribution >= 4 is 12.3 Å². The molecule has 2 aliphatic rings. The molecule has 1 saturated carbocycles. The fraction of sp³-hybridized carbons (Fsp3) is 0.800. The molecule has 1 saturated heterocycles. The fourth-order valence-corrected chi connectivity index (χ4v) is 2.58. The number of likely N-dealkylation sites (tertiary alicyclic amines) is 1. The molecule has 2 amide bonds. The normalized spacial score (nSPS) is 32.3. The maximum Gasteiger partial charge on any atom is 0.241 e. The summed E-state index contributed by atoms with van der Waals surface area (Å²) in [5.41, 5.74) is 0.439. The third-order valence-electron chi connectivity index (χ3n) is 3.81. The molecule has 2 unspecified atom stereocenters. The van der Waals surface area contributed by atoms with E-state index >= 15 is 0 Å². The lowest BCUT2D eigenvalue weighted by Gasteiger charge is -2.21. The van der Waals surface area contributed by atoms with Crippen LogP contribution in [0.25, 0.3) is 0 Å². The molecule has 0 bridgehead atoms. The summed E-state index contributed by atoms with van der Waals surface area (Å²) < 4.78 is 0. The number of fused-ring (bicyclic) bond motifs is 1. The lowest BCUT2D eigenvalue weighted by molar-refractivity contribution is -0.131. The minimum Gasteiger partial charge on any atom is -0.350 e. The largest absolute Gasteiger partial charge is 0.350 e. The number of nitrogens with one attached hydrogen (secondary N) is 1. The highest BCUT2D eigenvalue weighted by Crippen LogP contribution is 2.61. The molecule has 78 valence electrons. The molecule has 4 nitrogen and oxygen atoms in total. The Bertz CT molecular complexity index is 261. The molecule has 0 aromatic heterocycles. The zero-order chi connectivity index (χ0) is 10.3. The highest BCUT2D eigenvalue weighted by molar-refractivity contribution is 5.80. The van der Waals surface area contributed by atoms with E-state index in [0.717, 1.165) is 13.1 Å². The second-order valence-corrected chi connectivity index (χ2v) is 4.83. The van der Waals surface area contributed by atoms with E-state index in [9.17, 15) is 9.59 Å². The Morgan fingerprint density at radius 2 is 2.07 bits per heavy atom. The Balaban J connectivity index is 1.82. The Morgan fingerprint density at radius 3 is 2.57 bits per heavy atom. The van der Waals surface area contributed by atoms with Gasteiger partial charge in [0.1, 0.15) is 0 Å². The monoisotopic (exact) mass is 196 g/mol. The van der Waals surface area contributed by atoms with Gasteiger partial charge in [-0.3, -0.25) is 9.59 Å². The van der Waals surface area contributed by atoms with Crippen LogP contribution in [0.15, 0.2) is 0 Å². The quantitative estimate of drug-likeness (QED) is 0.638. The maximum atomic E-state index is 11.5. The van der Waals surface area contributed by atoms with Crippen molar-refractivity contribution in [3.05, 3.63) is 0 Å². The minimum atomic E-state index is 0.0418. The van der Waals surface area contributed by atoms with Gasteiger partial charge in [0.2, 0.25) is 12.3 Å². The third-order valence-corrected chi connectivity index (χ3v) is 3.81. The van der Waals surface area contributed by atoms with E-state index in [1.807, 2.05) is 4.90 Å². The second kappa shape index (κ2) is 2.97. The fourth-order valence-electron chi connectivity index (χ4n) is 2.58. The lowest BCUT2D eigenvalue weighted by Crippen LogP contribution is -2.38. The van der Waals surface area contributed by atoms with Crippen LogP contribution in [0, 0.1) is 17.3 Å². The molecule has 0 spiro atoms. The number of piperidine rings is 1. The number of hydrogen-bond donors (Lipinski definition) is 1. The van der Waals surface area contributed by atoms with E-state index in [0.29, 0.717) is 23.7 Å². The van der Waals surface area contributed by atoms with Gasteiger partial charge in [-0.25, -0.2) is 0 Å². The molecule has 4 heteroatoms. The van der Waals surface area contributed by atoms with Gasteiger partial charge in [0, 0.05) is 13.1 Å². The van der Waals surface area contributed by atoms with Crippen LogP contribution in [0.5, 0.6) is 0 Å². The zero-order valence-corrected chi connectivity index (χ0v) is 8.62. The first-order chi connectivity index (χ1) is 6.57. The first-order valence-corrected chi connectivity index (χ1v) is 5.02. The molecule has 2 atom stereocenters. The average Bonchev–Trinajstić information content (AvgIpc) is 2.57. The van der Waals surface area contributed by atoms with Gasteiger partial charge in [-0.05, 0) is 17.3 Å². The molecule has 1 aliphatic heterocycles. The Morgan fingerprint density at radius 1 is 1.50 bits per heavy atom. The SMILES string of the molecule is CC1(C)C2CN(C(=O)CNC=O)CC21. The summed E-state index contributed by atoms with van der Waals surface area (Å²) in [6.07, 6.45) is 0.568. The summed E-state index contributed by atoms with van der Waals surface area (Å²) in [6.45, 7) is 6.40. The molecule has 0 aromatic rings. The van der Waals surface area contributed by atoms with Crippen molar-refractivity contribution in [1.29, 1.82) is 0 Å². The van der Waals surface area contributed by atoms with E-state index in [1.54, 1.807) is 0 Å². The highest BCUT2D eigenvalue weighted by atomic mass is 16.2. The predicted molar refractivity (Wildman–Crippen MR) is 51.4 cm³/mol. The summed E-state index contributed by atoms with van der Waals surface area (Å²) in [6, 6.07) is 0. The van der Waals surface area contributed by atoms with Gasteiger partial charge >= 0.3 is 0 Å². The van der Waals surface area contributed by atoms with E-state index in [4.69, 9.17) is 0 Å². The topological polar surface area (TPSA) is 49.4 Å². The van der Waals surface area contributed by atoms with Gasteiger partial charge in [0.15, 0.2) is 0 Å². The van der Waals surface area contributed by atoms with Crippen molar-refractivity contribution in [3.8, 4) is 0 Å². The van der Waals surface area contributed by atoms with Crippen LogP contribution >= 0.6 is 0 Å². The van der Waals surface area contributed by atoms with Crippen LogP contribution in [0.2, 0.25) is 0 Å². The number of nitrogens with zero attached hydrogens (tertiary/aromatic N) is 1. The second-order valence-electron chi connectivity index (χ2n) is 4.83. The minimum absolute atomic E-state index is 0.0418. The summed E-state index contributed by atoms with van der Waals surface area (Å²) in [5, 5.41) is 2.40. The first kappa shape index (κ1) is 9.49. The summed E-state index contributed by atoms with van der Waals surface area (Å²) in [4.78, 5) is 23.4. The third kappa shape index (κ3) is 1.29. The van der Waals surface area contributed by atoms with Crippen molar-refractivity contribution in [2.45, 2.75) is 13.8 Å². The molecule has 0 radical (unpaired) electrons. The van der Waals surface area contributed by atoms with E-state index in [2.05, 4.69) is 19.2 Å². The molecule has 0 aromatic carbocycles. The van der Waals surface area contributed by atoms with Crippen LogP contribution < -0.4 is 5.32 Å². The van der Waals surface area contributed by atoms with E-state index in [-0.39, 0.29) is 12.5 Å². The zero-order valence-electron chi connectivity index (χ0n) is 8.62. The van der Waals surface area contributed by atoms with Crippen LogP contribution in [-0.2, 0) is 9.59 Å². The van der Waals surface area contributed by atoms with Crippen LogP contribution in [0.4, 0.5) is 0 Å². The Labute approximate surface area is 83.6 Å². The van der Waals surface area contributed by atoms with Crippen molar-refractivity contribution in [1.82, 2.24) is 10.2 Å². The Kier molecular flexibility index (Phi) is 2.01. The number of amides is 2. The van der Waals surface area contributed by atoms with Crippen LogP contribution in [-0.4, -0.2) is 36.9 Å². The molecule has 14 heavy (non-hydrogen) atoms. The van der Waals surface area contributed by atoms with Crippen molar-refractivity contribution in [2.75, 3.05) is 19.6 Å². The van der Waals surface area contributed by atoms with E-state index in [1.165, 1.54) is 0 Å². The Hall–Kier alpha value is -1.06. The molecule has 1 heterocycles. The molecule has 1 aliphatic carbocycles. The molecular weight excluding hydrogens is 180 g/mol.